The highest BCUT2D eigenvalue weighted by Gasteiger charge is 2.25. The quantitative estimate of drug-likeness (QED) is 0.618. The molecule has 1 aromatic heterocycles. The van der Waals surface area contributed by atoms with Gasteiger partial charge in [-0.1, -0.05) is 42.7 Å². The summed E-state index contributed by atoms with van der Waals surface area (Å²) in [5, 5.41) is 11.1. The normalized spacial score (nSPS) is 17.7. The van der Waals surface area contributed by atoms with Gasteiger partial charge in [0.15, 0.2) is 5.78 Å². The summed E-state index contributed by atoms with van der Waals surface area (Å²) in [5.41, 5.74) is 2.98. The van der Waals surface area contributed by atoms with E-state index in [1.165, 1.54) is 42.7 Å². The molecule has 1 saturated carbocycles. The Hall–Kier alpha value is -2.28. The Balaban J connectivity index is 1.24. The first-order valence-corrected chi connectivity index (χ1v) is 12.3. The van der Waals surface area contributed by atoms with Gasteiger partial charge in [0.25, 0.3) is 0 Å². The number of rotatable bonds is 6. The average Bonchev–Trinajstić information content (AvgIpc) is 3.30. The van der Waals surface area contributed by atoms with Crippen LogP contribution in [-0.4, -0.2) is 53.0 Å². The fraction of sp³-hybridized carbons (Fsp3) is 0.583. The van der Waals surface area contributed by atoms with Crippen molar-refractivity contribution in [3.63, 3.8) is 0 Å². The van der Waals surface area contributed by atoms with E-state index >= 15 is 0 Å². The van der Waals surface area contributed by atoms with Gasteiger partial charge in [0.05, 0.1) is 0 Å². The molecule has 2 aliphatic rings. The van der Waals surface area contributed by atoms with Gasteiger partial charge in [-0.05, 0) is 43.9 Å². The van der Waals surface area contributed by atoms with Crippen molar-refractivity contribution in [2.75, 3.05) is 31.1 Å². The molecule has 2 fully saturated rings. The first kappa shape index (κ1) is 21.9. The van der Waals surface area contributed by atoms with Crippen LogP contribution in [-0.2, 0) is 4.79 Å². The standard InChI is InChI=1S/C24H32N4O2S/c1-17-8-9-20(16-18(17)2)21(29)10-11-22(30)27-12-14-28(15-13-27)24-26-25-23(31-24)19-6-4-3-5-7-19/h8-9,16,19H,3-7,10-15H2,1-2H3. The number of carbonyl (C=O) groups is 2. The van der Waals surface area contributed by atoms with Crippen molar-refractivity contribution in [2.45, 2.75) is 64.7 Å². The Kier molecular flexibility index (Phi) is 7.00. The summed E-state index contributed by atoms with van der Waals surface area (Å²) in [4.78, 5) is 29.2. The highest BCUT2D eigenvalue weighted by Crippen LogP contribution is 2.36. The van der Waals surface area contributed by atoms with E-state index in [4.69, 9.17) is 0 Å². The van der Waals surface area contributed by atoms with Crippen LogP contribution in [0.2, 0.25) is 0 Å². The zero-order valence-electron chi connectivity index (χ0n) is 18.6. The van der Waals surface area contributed by atoms with Gasteiger partial charge in [-0.25, -0.2) is 0 Å². The number of nitrogens with zero attached hydrogens (tertiary/aromatic N) is 4. The van der Waals surface area contributed by atoms with Crippen LogP contribution in [0.15, 0.2) is 18.2 Å². The van der Waals surface area contributed by atoms with Gasteiger partial charge >= 0.3 is 0 Å². The van der Waals surface area contributed by atoms with Gasteiger partial charge in [-0.3, -0.25) is 9.59 Å². The maximum atomic E-state index is 12.6. The smallest absolute Gasteiger partial charge is 0.223 e. The molecule has 4 rings (SSSR count). The van der Waals surface area contributed by atoms with Gasteiger partial charge < -0.3 is 9.80 Å². The highest BCUT2D eigenvalue weighted by molar-refractivity contribution is 7.15. The summed E-state index contributed by atoms with van der Waals surface area (Å²) in [6.07, 6.45) is 6.95. The summed E-state index contributed by atoms with van der Waals surface area (Å²) in [5.74, 6) is 0.689. The third-order valence-corrected chi connectivity index (χ3v) is 7.83. The maximum absolute atomic E-state index is 12.6. The predicted molar refractivity (Wildman–Crippen MR) is 124 cm³/mol. The number of ketones is 1. The number of hydrogen-bond acceptors (Lipinski definition) is 6. The lowest BCUT2D eigenvalue weighted by Crippen LogP contribution is -2.48. The van der Waals surface area contributed by atoms with Gasteiger partial charge in [-0.2, -0.15) is 0 Å². The van der Waals surface area contributed by atoms with E-state index < -0.39 is 0 Å². The van der Waals surface area contributed by atoms with Crippen molar-refractivity contribution in [3.05, 3.63) is 39.9 Å². The minimum absolute atomic E-state index is 0.0409. The Morgan fingerprint density at radius 1 is 0.968 bits per heavy atom. The molecule has 1 aromatic carbocycles. The van der Waals surface area contributed by atoms with E-state index in [-0.39, 0.29) is 24.5 Å². The molecule has 1 aliphatic heterocycles. The largest absolute Gasteiger partial charge is 0.343 e. The molecule has 0 bridgehead atoms. The molecule has 0 atom stereocenters. The van der Waals surface area contributed by atoms with Gasteiger partial charge in [0, 0.05) is 50.5 Å². The molecule has 0 radical (unpaired) electrons. The summed E-state index contributed by atoms with van der Waals surface area (Å²) in [7, 11) is 0. The Bertz CT molecular complexity index is 927. The van der Waals surface area contributed by atoms with Crippen molar-refractivity contribution >= 4 is 28.2 Å². The number of Topliss-reactive ketones (excluding diaryl/α,β-unsaturated/α-hetero) is 1. The first-order chi connectivity index (χ1) is 15.0. The zero-order chi connectivity index (χ0) is 21.8. The van der Waals surface area contributed by atoms with Crippen LogP contribution in [0.5, 0.6) is 0 Å². The SMILES string of the molecule is Cc1ccc(C(=O)CCC(=O)N2CCN(c3nnc(C4CCCCC4)s3)CC2)cc1C. The second-order valence-electron chi connectivity index (χ2n) is 8.85. The molecule has 1 aliphatic carbocycles. The van der Waals surface area contributed by atoms with Crippen molar-refractivity contribution < 1.29 is 9.59 Å². The van der Waals surface area contributed by atoms with Crippen LogP contribution >= 0.6 is 11.3 Å². The van der Waals surface area contributed by atoms with Crippen molar-refractivity contribution in [1.29, 1.82) is 0 Å². The molecule has 1 amide bonds. The molecule has 31 heavy (non-hydrogen) atoms. The molecule has 6 nitrogen and oxygen atoms in total. The predicted octanol–water partition coefficient (Wildman–Crippen LogP) is 4.51. The van der Waals surface area contributed by atoms with Crippen molar-refractivity contribution in [3.8, 4) is 0 Å². The lowest BCUT2D eigenvalue weighted by atomic mass is 9.90. The van der Waals surface area contributed by atoms with Gasteiger partial charge in [0.2, 0.25) is 11.0 Å². The molecular formula is C24H32N4O2S. The molecular weight excluding hydrogens is 408 g/mol. The molecule has 2 aromatic rings. The van der Waals surface area contributed by atoms with Crippen molar-refractivity contribution in [1.82, 2.24) is 15.1 Å². The number of benzene rings is 1. The van der Waals surface area contributed by atoms with Crippen LogP contribution in [0.3, 0.4) is 0 Å². The summed E-state index contributed by atoms with van der Waals surface area (Å²) < 4.78 is 0. The lowest BCUT2D eigenvalue weighted by molar-refractivity contribution is -0.131. The van der Waals surface area contributed by atoms with E-state index in [2.05, 4.69) is 15.1 Å². The maximum Gasteiger partial charge on any atom is 0.223 e. The molecule has 1 saturated heterocycles. The first-order valence-electron chi connectivity index (χ1n) is 11.5. The molecule has 0 unspecified atom stereocenters. The highest BCUT2D eigenvalue weighted by atomic mass is 32.1. The molecule has 0 spiro atoms. The number of piperazine rings is 1. The summed E-state index contributed by atoms with van der Waals surface area (Å²) >= 11 is 1.73. The van der Waals surface area contributed by atoms with E-state index in [0.29, 0.717) is 24.6 Å². The Morgan fingerprint density at radius 2 is 1.71 bits per heavy atom. The summed E-state index contributed by atoms with van der Waals surface area (Å²) in [6.45, 7) is 6.94. The Labute approximate surface area is 188 Å². The second-order valence-corrected chi connectivity index (χ2v) is 9.84. The van der Waals surface area contributed by atoms with Crippen LogP contribution in [0, 0.1) is 13.8 Å². The Morgan fingerprint density at radius 3 is 2.42 bits per heavy atom. The second kappa shape index (κ2) is 9.90. The van der Waals surface area contributed by atoms with Crippen LogP contribution < -0.4 is 4.90 Å². The fourth-order valence-electron chi connectivity index (χ4n) is 4.45. The van der Waals surface area contributed by atoms with Crippen LogP contribution in [0.25, 0.3) is 0 Å². The zero-order valence-corrected chi connectivity index (χ0v) is 19.4. The molecule has 2 heterocycles. The van der Waals surface area contributed by atoms with Crippen molar-refractivity contribution in [2.24, 2.45) is 0 Å². The molecule has 166 valence electrons. The molecule has 7 heteroatoms. The van der Waals surface area contributed by atoms with E-state index in [1.807, 2.05) is 36.9 Å². The molecule has 0 N–H and O–H groups in total. The number of aryl methyl sites for hydroxylation is 2. The van der Waals surface area contributed by atoms with Gasteiger partial charge in [-0.15, -0.1) is 10.2 Å². The van der Waals surface area contributed by atoms with E-state index in [1.54, 1.807) is 11.3 Å². The van der Waals surface area contributed by atoms with E-state index in [0.717, 1.165) is 23.8 Å². The monoisotopic (exact) mass is 440 g/mol. The van der Waals surface area contributed by atoms with Crippen LogP contribution in [0.4, 0.5) is 5.13 Å². The number of carbonyl (C=O) groups excluding carboxylic acids is 2. The van der Waals surface area contributed by atoms with Gasteiger partial charge in [0.1, 0.15) is 5.01 Å². The lowest BCUT2D eigenvalue weighted by Gasteiger charge is -2.34. The number of amides is 1. The average molecular weight is 441 g/mol. The number of aromatic nitrogens is 2. The minimum Gasteiger partial charge on any atom is -0.343 e. The topological polar surface area (TPSA) is 66.4 Å². The number of anilines is 1. The van der Waals surface area contributed by atoms with E-state index in [9.17, 15) is 9.59 Å². The van der Waals surface area contributed by atoms with Crippen LogP contribution in [0.1, 0.15) is 77.4 Å². The fourth-order valence-corrected chi connectivity index (χ4v) is 5.52. The summed E-state index contributed by atoms with van der Waals surface area (Å²) in [6, 6.07) is 5.75. The number of hydrogen-bond donors (Lipinski definition) is 0. The third-order valence-electron chi connectivity index (χ3n) is 6.68. The third kappa shape index (κ3) is 5.32. The minimum atomic E-state index is 0.0409.